The van der Waals surface area contributed by atoms with Crippen molar-refractivity contribution in [3.8, 4) is 5.75 Å². The number of pyridine rings is 2. The molecule has 0 spiro atoms. The highest BCUT2D eigenvalue weighted by Crippen LogP contribution is 2.33. The fraction of sp³-hybridized carbons (Fsp3) is 0.105. The number of amides is 1. The third-order valence-corrected chi connectivity index (χ3v) is 4.10. The number of methoxy groups -OCH3 is 1. The molecule has 0 atom stereocenters. The molecule has 2 N–H and O–H groups in total. The summed E-state index contributed by atoms with van der Waals surface area (Å²) in [5.41, 5.74) is 2.94. The number of carbonyl (C=O) groups excluding carboxylic acids is 1. The van der Waals surface area contributed by atoms with Gasteiger partial charge in [0.25, 0.3) is 5.91 Å². The van der Waals surface area contributed by atoms with Gasteiger partial charge < -0.3 is 15.4 Å². The summed E-state index contributed by atoms with van der Waals surface area (Å²) in [6, 6.07) is 10.6. The van der Waals surface area contributed by atoms with E-state index in [2.05, 4.69) is 20.6 Å². The molecule has 0 unspecified atom stereocenters. The first-order chi connectivity index (χ1) is 12.6. The predicted octanol–water partition coefficient (Wildman–Crippen LogP) is 4.44. The van der Waals surface area contributed by atoms with Crippen molar-refractivity contribution in [2.75, 3.05) is 17.7 Å². The van der Waals surface area contributed by atoms with Gasteiger partial charge in [0.05, 0.1) is 30.2 Å². The summed E-state index contributed by atoms with van der Waals surface area (Å²) in [7, 11) is 1.58. The number of aryl methyl sites for hydroxylation is 1. The SMILES string of the molecule is COc1cc(Cl)c(C)cc1Nc1ccc(NC(=O)c2cccnc2)nc1. The molecule has 2 aromatic heterocycles. The Morgan fingerprint density at radius 2 is 2.04 bits per heavy atom. The van der Waals surface area contributed by atoms with Crippen molar-refractivity contribution in [2.45, 2.75) is 6.92 Å². The van der Waals surface area contributed by atoms with Crippen molar-refractivity contribution in [2.24, 2.45) is 0 Å². The van der Waals surface area contributed by atoms with Crippen molar-refractivity contribution >= 4 is 34.7 Å². The molecule has 1 amide bonds. The van der Waals surface area contributed by atoms with Gasteiger partial charge in [0, 0.05) is 23.5 Å². The lowest BCUT2D eigenvalue weighted by Crippen LogP contribution is -2.13. The zero-order chi connectivity index (χ0) is 18.5. The largest absolute Gasteiger partial charge is 0.495 e. The van der Waals surface area contributed by atoms with Crippen molar-refractivity contribution in [3.63, 3.8) is 0 Å². The van der Waals surface area contributed by atoms with E-state index >= 15 is 0 Å². The van der Waals surface area contributed by atoms with E-state index in [1.807, 2.05) is 19.1 Å². The lowest BCUT2D eigenvalue weighted by Gasteiger charge is -2.13. The van der Waals surface area contributed by atoms with E-state index in [4.69, 9.17) is 16.3 Å². The molecule has 3 rings (SSSR count). The van der Waals surface area contributed by atoms with Crippen LogP contribution in [0.1, 0.15) is 15.9 Å². The second-order valence-corrected chi connectivity index (χ2v) is 5.96. The number of halogens is 1. The highest BCUT2D eigenvalue weighted by molar-refractivity contribution is 6.31. The number of hydrogen-bond acceptors (Lipinski definition) is 5. The summed E-state index contributed by atoms with van der Waals surface area (Å²) < 4.78 is 5.35. The van der Waals surface area contributed by atoms with Gasteiger partial charge in [-0.3, -0.25) is 9.78 Å². The molecule has 0 fully saturated rings. The molecule has 3 aromatic rings. The Morgan fingerprint density at radius 3 is 2.69 bits per heavy atom. The summed E-state index contributed by atoms with van der Waals surface area (Å²) in [4.78, 5) is 20.3. The molecule has 0 aliphatic heterocycles. The van der Waals surface area contributed by atoms with Gasteiger partial charge >= 0.3 is 0 Å². The van der Waals surface area contributed by atoms with E-state index in [1.165, 1.54) is 6.20 Å². The van der Waals surface area contributed by atoms with E-state index in [-0.39, 0.29) is 5.91 Å². The lowest BCUT2D eigenvalue weighted by molar-refractivity contribution is 0.102. The first kappa shape index (κ1) is 17.7. The molecule has 6 nitrogen and oxygen atoms in total. The summed E-state index contributed by atoms with van der Waals surface area (Å²) >= 11 is 6.12. The van der Waals surface area contributed by atoms with Gasteiger partial charge in [0.1, 0.15) is 11.6 Å². The molecule has 0 bridgehead atoms. The summed E-state index contributed by atoms with van der Waals surface area (Å²) in [5.74, 6) is 0.819. The van der Waals surface area contributed by atoms with Gasteiger partial charge in [-0.2, -0.15) is 0 Å². The molecule has 0 aliphatic carbocycles. The minimum atomic E-state index is -0.263. The van der Waals surface area contributed by atoms with Gasteiger partial charge in [0.2, 0.25) is 0 Å². The summed E-state index contributed by atoms with van der Waals surface area (Å²) in [6.07, 6.45) is 4.74. The second kappa shape index (κ2) is 7.84. The number of rotatable bonds is 5. The normalized spacial score (nSPS) is 10.3. The van der Waals surface area contributed by atoms with Crippen LogP contribution in [0.2, 0.25) is 5.02 Å². The molecule has 0 saturated heterocycles. The molecule has 0 radical (unpaired) electrons. The highest BCUT2D eigenvalue weighted by atomic mass is 35.5. The third-order valence-electron chi connectivity index (χ3n) is 3.69. The smallest absolute Gasteiger partial charge is 0.258 e. The predicted molar refractivity (Wildman–Crippen MR) is 102 cm³/mol. The quantitative estimate of drug-likeness (QED) is 0.696. The first-order valence-corrected chi connectivity index (χ1v) is 8.23. The highest BCUT2D eigenvalue weighted by Gasteiger charge is 2.09. The number of aromatic nitrogens is 2. The van der Waals surface area contributed by atoms with Crippen molar-refractivity contribution in [1.29, 1.82) is 0 Å². The van der Waals surface area contributed by atoms with Gasteiger partial charge in [-0.25, -0.2) is 4.98 Å². The topological polar surface area (TPSA) is 76.1 Å². The molecular weight excluding hydrogens is 352 g/mol. The fourth-order valence-corrected chi connectivity index (χ4v) is 2.47. The number of ether oxygens (including phenoxy) is 1. The van der Waals surface area contributed by atoms with Crippen molar-refractivity contribution < 1.29 is 9.53 Å². The van der Waals surface area contributed by atoms with E-state index in [0.29, 0.717) is 22.2 Å². The molecule has 0 saturated carbocycles. The van der Waals surface area contributed by atoms with Crippen molar-refractivity contribution in [1.82, 2.24) is 9.97 Å². The number of benzene rings is 1. The van der Waals surface area contributed by atoms with Crippen LogP contribution in [0.4, 0.5) is 17.2 Å². The molecule has 1 aromatic carbocycles. The first-order valence-electron chi connectivity index (χ1n) is 7.85. The number of nitrogens with one attached hydrogen (secondary N) is 2. The maximum Gasteiger partial charge on any atom is 0.258 e. The van der Waals surface area contributed by atoms with E-state index in [0.717, 1.165) is 16.9 Å². The van der Waals surface area contributed by atoms with Crippen molar-refractivity contribution in [3.05, 3.63) is 71.1 Å². The van der Waals surface area contributed by atoms with Crippen LogP contribution in [0.5, 0.6) is 5.75 Å². The fourth-order valence-electron chi connectivity index (χ4n) is 2.31. The zero-order valence-electron chi connectivity index (χ0n) is 14.3. The monoisotopic (exact) mass is 368 g/mol. The minimum Gasteiger partial charge on any atom is -0.495 e. The maximum absolute atomic E-state index is 12.1. The molecule has 132 valence electrons. The van der Waals surface area contributed by atoms with Crippen LogP contribution in [0, 0.1) is 6.92 Å². The van der Waals surface area contributed by atoms with Crippen LogP contribution >= 0.6 is 11.6 Å². The minimum absolute atomic E-state index is 0.263. The van der Waals surface area contributed by atoms with Gasteiger partial charge in [0.15, 0.2) is 0 Å². The molecular formula is C19H17ClN4O2. The number of carbonyl (C=O) groups is 1. The molecule has 7 heteroatoms. The van der Waals surface area contributed by atoms with Crippen LogP contribution in [-0.2, 0) is 0 Å². The summed E-state index contributed by atoms with van der Waals surface area (Å²) in [5, 5.41) is 6.60. The Labute approximate surface area is 156 Å². The van der Waals surface area contributed by atoms with Gasteiger partial charge in [-0.1, -0.05) is 11.6 Å². The second-order valence-electron chi connectivity index (χ2n) is 5.55. The Hall–Kier alpha value is -3.12. The Bertz CT molecular complexity index is 915. The molecule has 2 heterocycles. The van der Waals surface area contributed by atoms with Crippen LogP contribution in [0.25, 0.3) is 0 Å². The Kier molecular flexibility index (Phi) is 5.34. The van der Waals surface area contributed by atoms with Crippen LogP contribution in [0.15, 0.2) is 55.0 Å². The lowest BCUT2D eigenvalue weighted by atomic mass is 10.2. The van der Waals surface area contributed by atoms with E-state index < -0.39 is 0 Å². The van der Waals surface area contributed by atoms with Gasteiger partial charge in [-0.15, -0.1) is 0 Å². The molecule has 0 aliphatic rings. The third kappa shape index (κ3) is 4.10. The summed E-state index contributed by atoms with van der Waals surface area (Å²) in [6.45, 7) is 1.92. The number of anilines is 3. The Morgan fingerprint density at radius 1 is 1.19 bits per heavy atom. The number of nitrogens with zero attached hydrogens (tertiary/aromatic N) is 2. The molecule has 26 heavy (non-hydrogen) atoms. The van der Waals surface area contributed by atoms with Crippen LogP contribution in [-0.4, -0.2) is 23.0 Å². The number of hydrogen-bond donors (Lipinski definition) is 2. The van der Waals surface area contributed by atoms with E-state index in [1.54, 1.807) is 43.8 Å². The van der Waals surface area contributed by atoms with Crippen LogP contribution in [0.3, 0.4) is 0 Å². The van der Waals surface area contributed by atoms with Gasteiger partial charge in [-0.05, 0) is 42.8 Å². The van der Waals surface area contributed by atoms with Crippen LogP contribution < -0.4 is 15.4 Å². The maximum atomic E-state index is 12.1. The average Bonchev–Trinajstić information content (AvgIpc) is 2.66. The van der Waals surface area contributed by atoms with E-state index in [9.17, 15) is 4.79 Å². The Balaban J connectivity index is 1.72. The zero-order valence-corrected chi connectivity index (χ0v) is 15.0. The standard InChI is InChI=1S/C19H17ClN4O2/c1-12-8-16(17(26-2)9-15(12)20)23-14-5-6-18(22-11-14)24-19(25)13-4-3-7-21-10-13/h3-11,23H,1-2H3,(H,22,24,25). The average molecular weight is 369 g/mol.